The lowest BCUT2D eigenvalue weighted by Gasteiger charge is -2.08. The lowest BCUT2D eigenvalue weighted by molar-refractivity contribution is -0.120. The van der Waals surface area contributed by atoms with E-state index in [1.807, 2.05) is 31.2 Å². The highest BCUT2D eigenvalue weighted by Crippen LogP contribution is 2.24. The van der Waals surface area contributed by atoms with E-state index < -0.39 is 10.8 Å². The molecule has 2 atom stereocenters. The number of aryl methyl sites for hydroxylation is 1. The van der Waals surface area contributed by atoms with Gasteiger partial charge in [0.2, 0.25) is 0 Å². The van der Waals surface area contributed by atoms with Crippen LogP contribution in [-0.2, 0) is 21.3 Å². The molecule has 1 fully saturated rings. The third-order valence-corrected chi connectivity index (χ3v) is 5.03. The number of carbonyl (C=O) groups is 1. The maximum Gasteiger partial charge on any atom is 0.136 e. The smallest absolute Gasteiger partial charge is 0.136 e. The van der Waals surface area contributed by atoms with E-state index in [-0.39, 0.29) is 5.92 Å². The molecular formula is C15H20O2S. The van der Waals surface area contributed by atoms with Crippen molar-refractivity contribution in [3.8, 4) is 0 Å². The molecule has 0 heterocycles. The van der Waals surface area contributed by atoms with Gasteiger partial charge in [0, 0.05) is 34.6 Å². The number of carbonyl (C=O) groups excluding carboxylic acids is 1. The quantitative estimate of drug-likeness (QED) is 0.819. The Morgan fingerprint density at radius 2 is 2.11 bits per heavy atom. The molecule has 1 aromatic rings. The Kier molecular flexibility index (Phi) is 4.70. The minimum atomic E-state index is -0.844. The number of hydrogen-bond acceptors (Lipinski definition) is 2. The molecule has 2 nitrogen and oxygen atoms in total. The van der Waals surface area contributed by atoms with Gasteiger partial charge in [0.1, 0.15) is 5.78 Å². The van der Waals surface area contributed by atoms with Crippen molar-refractivity contribution in [2.24, 2.45) is 5.92 Å². The van der Waals surface area contributed by atoms with Gasteiger partial charge in [-0.3, -0.25) is 9.00 Å². The van der Waals surface area contributed by atoms with E-state index in [9.17, 15) is 9.00 Å². The van der Waals surface area contributed by atoms with Crippen molar-refractivity contribution in [2.45, 2.75) is 38.4 Å². The first-order valence-electron chi connectivity index (χ1n) is 6.59. The molecule has 0 aliphatic heterocycles. The minimum Gasteiger partial charge on any atom is -0.299 e. The van der Waals surface area contributed by atoms with Gasteiger partial charge in [-0.25, -0.2) is 0 Å². The molecular weight excluding hydrogens is 244 g/mol. The number of ketones is 1. The zero-order valence-electron chi connectivity index (χ0n) is 10.9. The summed E-state index contributed by atoms with van der Waals surface area (Å²) in [5, 5.41) is 0. The van der Waals surface area contributed by atoms with E-state index in [1.54, 1.807) is 0 Å². The van der Waals surface area contributed by atoms with Crippen molar-refractivity contribution in [1.29, 1.82) is 0 Å². The monoisotopic (exact) mass is 264 g/mol. The summed E-state index contributed by atoms with van der Waals surface area (Å²) in [5.74, 6) is 1.84. The summed E-state index contributed by atoms with van der Waals surface area (Å²) >= 11 is 0. The van der Waals surface area contributed by atoms with Crippen LogP contribution in [0.1, 0.15) is 36.8 Å². The summed E-state index contributed by atoms with van der Waals surface area (Å²) in [6, 6.07) is 8.07. The van der Waals surface area contributed by atoms with Gasteiger partial charge in [-0.15, -0.1) is 0 Å². The van der Waals surface area contributed by atoms with Crippen LogP contribution in [0.3, 0.4) is 0 Å². The predicted molar refractivity (Wildman–Crippen MR) is 74.9 cm³/mol. The first-order chi connectivity index (χ1) is 8.66. The summed E-state index contributed by atoms with van der Waals surface area (Å²) in [5.41, 5.74) is 2.36. The maximum atomic E-state index is 12.0. The van der Waals surface area contributed by atoms with Gasteiger partial charge >= 0.3 is 0 Å². The summed E-state index contributed by atoms with van der Waals surface area (Å²) in [7, 11) is -0.844. The van der Waals surface area contributed by atoms with Crippen LogP contribution in [0.4, 0.5) is 0 Å². The highest BCUT2D eigenvalue weighted by Gasteiger charge is 2.24. The van der Waals surface area contributed by atoms with Gasteiger partial charge < -0.3 is 0 Å². The van der Waals surface area contributed by atoms with Gasteiger partial charge in [0.15, 0.2) is 0 Å². The first kappa shape index (κ1) is 13.5. The third-order valence-electron chi connectivity index (χ3n) is 3.70. The second kappa shape index (κ2) is 6.28. The van der Waals surface area contributed by atoms with E-state index in [1.165, 1.54) is 5.56 Å². The van der Waals surface area contributed by atoms with E-state index >= 15 is 0 Å². The fourth-order valence-corrected chi connectivity index (χ4v) is 3.85. The molecule has 0 spiro atoms. The number of rotatable bonds is 5. The fraction of sp³-hybridized carbons (Fsp3) is 0.533. The van der Waals surface area contributed by atoms with Crippen LogP contribution in [0, 0.1) is 12.8 Å². The zero-order chi connectivity index (χ0) is 13.0. The van der Waals surface area contributed by atoms with Gasteiger partial charge in [0.05, 0.1) is 0 Å². The van der Waals surface area contributed by atoms with Crippen molar-refractivity contribution in [3.63, 3.8) is 0 Å². The van der Waals surface area contributed by atoms with Crippen LogP contribution in [0.2, 0.25) is 0 Å². The van der Waals surface area contributed by atoms with Crippen molar-refractivity contribution in [3.05, 3.63) is 35.4 Å². The lowest BCUT2D eigenvalue weighted by Crippen LogP contribution is -2.11. The zero-order valence-corrected chi connectivity index (χ0v) is 11.7. The summed E-state index contributed by atoms with van der Waals surface area (Å²) in [6.45, 7) is 2.05. The van der Waals surface area contributed by atoms with Crippen LogP contribution in [0.15, 0.2) is 24.3 Å². The molecule has 1 aromatic carbocycles. The molecule has 0 N–H and O–H groups in total. The Hall–Kier alpha value is -0.960. The largest absolute Gasteiger partial charge is 0.299 e. The molecule has 1 saturated carbocycles. The van der Waals surface area contributed by atoms with Gasteiger partial charge in [-0.2, -0.15) is 0 Å². The van der Waals surface area contributed by atoms with Crippen molar-refractivity contribution in [2.75, 3.05) is 5.75 Å². The number of hydrogen-bond donors (Lipinski definition) is 0. The topological polar surface area (TPSA) is 34.1 Å². The predicted octanol–water partition coefficient (Wildman–Crippen LogP) is 3.00. The Morgan fingerprint density at radius 3 is 2.78 bits per heavy atom. The van der Waals surface area contributed by atoms with Gasteiger partial charge in [-0.1, -0.05) is 24.3 Å². The van der Waals surface area contributed by atoms with E-state index in [0.29, 0.717) is 17.3 Å². The molecule has 2 rings (SSSR count). The molecule has 0 bridgehead atoms. The van der Waals surface area contributed by atoms with E-state index in [4.69, 9.17) is 0 Å². The normalized spacial score (nSPS) is 21.2. The highest BCUT2D eigenvalue weighted by atomic mass is 32.2. The first-order valence-corrected chi connectivity index (χ1v) is 8.08. The Labute approximate surface area is 111 Å². The van der Waals surface area contributed by atoms with E-state index in [2.05, 4.69) is 0 Å². The molecule has 98 valence electrons. The molecule has 0 radical (unpaired) electrons. The Morgan fingerprint density at radius 1 is 1.33 bits per heavy atom. The van der Waals surface area contributed by atoms with Crippen LogP contribution >= 0.6 is 0 Å². The average Bonchev–Trinajstić information content (AvgIpc) is 2.75. The van der Waals surface area contributed by atoms with Crippen LogP contribution in [-0.4, -0.2) is 15.7 Å². The molecule has 0 aromatic heterocycles. The Balaban J connectivity index is 1.82. The van der Waals surface area contributed by atoms with Crippen molar-refractivity contribution >= 4 is 16.6 Å². The van der Waals surface area contributed by atoms with Crippen LogP contribution in [0.5, 0.6) is 0 Å². The summed E-state index contributed by atoms with van der Waals surface area (Å²) in [4.78, 5) is 11.5. The van der Waals surface area contributed by atoms with Crippen molar-refractivity contribution in [1.82, 2.24) is 0 Å². The average molecular weight is 264 g/mol. The number of Topliss-reactive ketones (excluding diaryl/α,β-unsaturated/α-hetero) is 1. The fourth-order valence-electron chi connectivity index (χ4n) is 2.48. The second-order valence-electron chi connectivity index (χ2n) is 5.06. The lowest BCUT2D eigenvalue weighted by atomic mass is 10.1. The molecule has 3 heteroatoms. The van der Waals surface area contributed by atoms with E-state index in [0.717, 1.165) is 31.2 Å². The molecule has 0 amide bonds. The third kappa shape index (κ3) is 3.52. The second-order valence-corrected chi connectivity index (χ2v) is 6.64. The molecule has 2 unspecified atom stereocenters. The maximum absolute atomic E-state index is 12.0. The summed E-state index contributed by atoms with van der Waals surface area (Å²) in [6.07, 6.45) is 3.56. The van der Waals surface area contributed by atoms with Gasteiger partial charge in [-0.05, 0) is 37.3 Å². The summed E-state index contributed by atoms with van der Waals surface area (Å²) < 4.78 is 12.0. The van der Waals surface area contributed by atoms with Crippen molar-refractivity contribution < 1.29 is 9.00 Å². The molecule has 1 aliphatic rings. The Bertz CT molecular complexity index is 454. The number of benzene rings is 1. The standard InChI is InChI=1S/C15H20O2S/c1-12-5-2-3-6-14(12)11-18(17)10-9-13-7-4-8-15(13)16/h2-3,5-6,13H,4,7-11H2,1H3. The SMILES string of the molecule is Cc1ccccc1CS(=O)CCC1CCCC1=O. The van der Waals surface area contributed by atoms with Gasteiger partial charge in [0.25, 0.3) is 0 Å². The molecule has 1 aliphatic carbocycles. The molecule has 0 saturated heterocycles. The molecule has 18 heavy (non-hydrogen) atoms. The highest BCUT2D eigenvalue weighted by molar-refractivity contribution is 7.84. The minimum absolute atomic E-state index is 0.186. The van der Waals surface area contributed by atoms with Crippen LogP contribution in [0.25, 0.3) is 0 Å². The van der Waals surface area contributed by atoms with Crippen LogP contribution < -0.4 is 0 Å².